The first-order valence-electron chi connectivity index (χ1n) is 8.15. The standard InChI is InChI=1S/C18H22N4O2/c1-14(23)20-11-16-7-8-19-18(21-16)17-13-22(9-10-24-17)12-15-5-3-2-4-6-15/h2-8,17H,9-13H2,1H3,(H,20,23)/t17-/m1/s1. The van der Waals surface area contributed by atoms with Gasteiger partial charge in [0.25, 0.3) is 0 Å². The number of ether oxygens (including phenoxy) is 1. The van der Waals surface area contributed by atoms with Crippen LogP contribution in [0.3, 0.4) is 0 Å². The number of carbonyl (C=O) groups excluding carboxylic acids is 1. The van der Waals surface area contributed by atoms with Gasteiger partial charge in [0.15, 0.2) is 5.82 Å². The molecular weight excluding hydrogens is 304 g/mol. The summed E-state index contributed by atoms with van der Waals surface area (Å²) in [6.45, 7) is 5.12. The van der Waals surface area contributed by atoms with Crippen molar-refractivity contribution in [3.63, 3.8) is 0 Å². The van der Waals surface area contributed by atoms with Crippen LogP contribution in [0.15, 0.2) is 42.6 Å². The lowest BCUT2D eigenvalue weighted by molar-refractivity contribution is -0.119. The van der Waals surface area contributed by atoms with E-state index >= 15 is 0 Å². The predicted molar refractivity (Wildman–Crippen MR) is 90.0 cm³/mol. The zero-order chi connectivity index (χ0) is 16.8. The van der Waals surface area contributed by atoms with Crippen molar-refractivity contribution in [2.75, 3.05) is 19.7 Å². The van der Waals surface area contributed by atoms with Crippen molar-refractivity contribution in [1.29, 1.82) is 0 Å². The summed E-state index contributed by atoms with van der Waals surface area (Å²) in [4.78, 5) is 22.3. The molecule has 0 saturated carbocycles. The maximum Gasteiger partial charge on any atom is 0.217 e. The Labute approximate surface area is 141 Å². The fourth-order valence-corrected chi connectivity index (χ4v) is 2.73. The molecule has 0 aliphatic carbocycles. The number of hydrogen-bond donors (Lipinski definition) is 1. The zero-order valence-corrected chi connectivity index (χ0v) is 13.8. The summed E-state index contributed by atoms with van der Waals surface area (Å²) >= 11 is 0. The van der Waals surface area contributed by atoms with E-state index < -0.39 is 0 Å². The second-order valence-corrected chi connectivity index (χ2v) is 5.90. The molecule has 1 atom stereocenters. The summed E-state index contributed by atoms with van der Waals surface area (Å²) in [5.41, 5.74) is 2.08. The predicted octanol–water partition coefficient (Wildman–Crippen LogP) is 1.69. The molecule has 0 unspecified atom stereocenters. The highest BCUT2D eigenvalue weighted by Gasteiger charge is 2.24. The maximum atomic E-state index is 11.0. The number of aromatic nitrogens is 2. The van der Waals surface area contributed by atoms with Crippen LogP contribution in [0.2, 0.25) is 0 Å². The van der Waals surface area contributed by atoms with E-state index in [1.54, 1.807) is 6.20 Å². The van der Waals surface area contributed by atoms with Crippen LogP contribution in [-0.4, -0.2) is 40.5 Å². The summed E-state index contributed by atoms with van der Waals surface area (Å²) in [6, 6.07) is 12.2. The number of carbonyl (C=O) groups is 1. The molecule has 1 saturated heterocycles. The summed E-state index contributed by atoms with van der Waals surface area (Å²) in [5, 5.41) is 2.75. The van der Waals surface area contributed by atoms with Gasteiger partial charge in [0.1, 0.15) is 6.10 Å². The van der Waals surface area contributed by atoms with Crippen molar-refractivity contribution in [3.8, 4) is 0 Å². The van der Waals surface area contributed by atoms with E-state index in [2.05, 4.69) is 44.5 Å². The molecular formula is C18H22N4O2. The van der Waals surface area contributed by atoms with Crippen LogP contribution in [0.25, 0.3) is 0 Å². The van der Waals surface area contributed by atoms with E-state index in [0.717, 1.165) is 25.3 Å². The average molecular weight is 326 g/mol. The Morgan fingerprint density at radius 3 is 2.96 bits per heavy atom. The van der Waals surface area contributed by atoms with E-state index in [9.17, 15) is 4.79 Å². The topological polar surface area (TPSA) is 67.4 Å². The van der Waals surface area contributed by atoms with Gasteiger partial charge in [-0.1, -0.05) is 30.3 Å². The first-order chi connectivity index (χ1) is 11.7. The molecule has 1 aromatic heterocycles. The van der Waals surface area contributed by atoms with E-state index in [1.165, 1.54) is 12.5 Å². The number of amides is 1. The van der Waals surface area contributed by atoms with Gasteiger partial charge < -0.3 is 10.1 Å². The largest absolute Gasteiger partial charge is 0.368 e. The van der Waals surface area contributed by atoms with Gasteiger partial charge in [-0.3, -0.25) is 9.69 Å². The molecule has 3 rings (SSSR count). The number of morpholine rings is 1. The highest BCUT2D eigenvalue weighted by Crippen LogP contribution is 2.20. The zero-order valence-electron chi connectivity index (χ0n) is 13.8. The van der Waals surface area contributed by atoms with Crippen LogP contribution < -0.4 is 5.32 Å². The monoisotopic (exact) mass is 326 g/mol. The minimum absolute atomic E-state index is 0.0712. The lowest BCUT2D eigenvalue weighted by Crippen LogP contribution is -2.38. The highest BCUT2D eigenvalue weighted by atomic mass is 16.5. The van der Waals surface area contributed by atoms with Crippen molar-refractivity contribution >= 4 is 5.91 Å². The Balaban J connectivity index is 1.64. The lowest BCUT2D eigenvalue weighted by Gasteiger charge is -2.32. The molecule has 0 radical (unpaired) electrons. The number of benzene rings is 1. The van der Waals surface area contributed by atoms with Crippen molar-refractivity contribution in [2.24, 2.45) is 0 Å². The molecule has 1 aromatic carbocycles. The number of nitrogens with one attached hydrogen (secondary N) is 1. The first kappa shape index (κ1) is 16.5. The molecule has 6 heteroatoms. The normalized spacial score (nSPS) is 18.3. The van der Waals surface area contributed by atoms with Crippen molar-refractivity contribution < 1.29 is 9.53 Å². The molecule has 2 heterocycles. The molecule has 1 amide bonds. The smallest absolute Gasteiger partial charge is 0.217 e. The number of nitrogens with zero attached hydrogens (tertiary/aromatic N) is 3. The minimum Gasteiger partial charge on any atom is -0.368 e. The quantitative estimate of drug-likeness (QED) is 0.905. The molecule has 126 valence electrons. The molecule has 1 N–H and O–H groups in total. The van der Waals surface area contributed by atoms with Gasteiger partial charge >= 0.3 is 0 Å². The summed E-state index contributed by atoms with van der Waals surface area (Å²) in [5.74, 6) is 0.605. The third kappa shape index (κ3) is 4.59. The van der Waals surface area contributed by atoms with Crippen LogP contribution in [0, 0.1) is 0 Å². The fourth-order valence-electron chi connectivity index (χ4n) is 2.73. The van der Waals surface area contributed by atoms with E-state index in [1.807, 2.05) is 12.1 Å². The third-order valence-corrected chi connectivity index (χ3v) is 3.94. The first-order valence-corrected chi connectivity index (χ1v) is 8.15. The van der Waals surface area contributed by atoms with E-state index in [4.69, 9.17) is 4.74 Å². The molecule has 1 aliphatic heterocycles. The number of hydrogen-bond acceptors (Lipinski definition) is 5. The minimum atomic E-state index is -0.139. The van der Waals surface area contributed by atoms with Gasteiger partial charge in [-0.05, 0) is 11.6 Å². The Kier molecular flexibility index (Phi) is 5.51. The third-order valence-electron chi connectivity index (χ3n) is 3.94. The van der Waals surface area contributed by atoms with E-state index in [-0.39, 0.29) is 12.0 Å². The van der Waals surface area contributed by atoms with Crippen LogP contribution in [0.4, 0.5) is 0 Å². The van der Waals surface area contributed by atoms with Crippen molar-refractivity contribution in [3.05, 3.63) is 59.7 Å². The maximum absolute atomic E-state index is 11.0. The van der Waals surface area contributed by atoms with Gasteiger partial charge in [-0.15, -0.1) is 0 Å². The molecule has 2 aromatic rings. The molecule has 1 fully saturated rings. The highest BCUT2D eigenvalue weighted by molar-refractivity contribution is 5.72. The Hall–Kier alpha value is -2.31. The summed E-state index contributed by atoms with van der Waals surface area (Å²) in [7, 11) is 0. The van der Waals surface area contributed by atoms with Gasteiger partial charge in [-0.2, -0.15) is 0 Å². The molecule has 6 nitrogen and oxygen atoms in total. The summed E-state index contributed by atoms with van der Waals surface area (Å²) < 4.78 is 5.86. The van der Waals surface area contributed by atoms with Gasteiger partial charge in [0.05, 0.1) is 18.8 Å². The van der Waals surface area contributed by atoms with Crippen LogP contribution >= 0.6 is 0 Å². The van der Waals surface area contributed by atoms with E-state index in [0.29, 0.717) is 19.0 Å². The van der Waals surface area contributed by atoms with Crippen LogP contribution in [0.1, 0.15) is 30.1 Å². The van der Waals surface area contributed by atoms with Crippen LogP contribution in [-0.2, 0) is 22.6 Å². The second-order valence-electron chi connectivity index (χ2n) is 5.90. The SMILES string of the molecule is CC(=O)NCc1ccnc([C@H]2CN(Cc3ccccc3)CCO2)n1. The lowest BCUT2D eigenvalue weighted by atomic mass is 10.2. The van der Waals surface area contributed by atoms with Gasteiger partial charge in [0, 0.05) is 32.8 Å². The Morgan fingerprint density at radius 2 is 2.17 bits per heavy atom. The number of rotatable bonds is 5. The molecule has 1 aliphatic rings. The fraction of sp³-hybridized carbons (Fsp3) is 0.389. The second kappa shape index (κ2) is 7.99. The molecule has 24 heavy (non-hydrogen) atoms. The molecule has 0 bridgehead atoms. The summed E-state index contributed by atoms with van der Waals surface area (Å²) in [6.07, 6.45) is 1.58. The van der Waals surface area contributed by atoms with Gasteiger partial charge in [0.2, 0.25) is 5.91 Å². The van der Waals surface area contributed by atoms with Gasteiger partial charge in [-0.25, -0.2) is 9.97 Å². The van der Waals surface area contributed by atoms with Crippen molar-refractivity contribution in [1.82, 2.24) is 20.2 Å². The van der Waals surface area contributed by atoms with Crippen LogP contribution in [0.5, 0.6) is 0 Å². The van der Waals surface area contributed by atoms with Crippen molar-refractivity contribution in [2.45, 2.75) is 26.1 Å². The Morgan fingerprint density at radius 1 is 1.33 bits per heavy atom. The molecule has 0 spiro atoms. The average Bonchev–Trinajstić information content (AvgIpc) is 2.61. The Bertz CT molecular complexity index is 678.